The molecule has 0 spiro atoms. The van der Waals surface area contributed by atoms with E-state index >= 15 is 0 Å². The highest BCUT2D eigenvalue weighted by Crippen LogP contribution is 1.85. The van der Waals surface area contributed by atoms with Gasteiger partial charge < -0.3 is 5.73 Å². The van der Waals surface area contributed by atoms with Crippen LogP contribution < -0.4 is 5.73 Å². The molecule has 0 rings (SSSR count). The topological polar surface area (TPSA) is 38.4 Å². The molecule has 60 valence electrons. The molecule has 0 saturated heterocycles. The summed E-state index contributed by atoms with van der Waals surface area (Å²) in [6.45, 7) is 7.97. The lowest BCUT2D eigenvalue weighted by Crippen LogP contribution is -2.07. The Labute approximate surface area is 63.8 Å². The second kappa shape index (κ2) is 8.21. The number of hydrogen-bond acceptors (Lipinski definition) is 1. The minimum absolute atomic E-state index is 0.588. The van der Waals surface area contributed by atoms with E-state index in [9.17, 15) is 0 Å². The molecule has 0 amide bonds. The summed E-state index contributed by atoms with van der Waals surface area (Å²) in [5.74, 6) is 0.588. The minimum atomic E-state index is 0.588. The fourth-order valence-corrected chi connectivity index (χ4v) is 0.360. The molecule has 0 unspecified atom stereocenters. The van der Waals surface area contributed by atoms with E-state index in [1.807, 2.05) is 33.8 Å². The fraction of sp³-hybridized carbons (Fsp3) is 0.625. The number of hydrogen-bond donors (Lipinski definition) is 1. The number of rotatable bonds is 1. The first-order valence-electron chi connectivity index (χ1n) is 3.54. The van der Waals surface area contributed by atoms with Gasteiger partial charge in [-0.1, -0.05) is 19.4 Å². The number of amidine groups is 1. The van der Waals surface area contributed by atoms with Crippen LogP contribution in [0.4, 0.5) is 0 Å². The standard InChI is InChI=1S/C6H12N2.C2H6/c1-5(2)4-6(7)8-3;1-2/h4H,1-3H3,(H2,7,8);1-2H3. The van der Waals surface area contributed by atoms with Gasteiger partial charge in [0, 0.05) is 7.05 Å². The maximum absolute atomic E-state index is 5.35. The van der Waals surface area contributed by atoms with Gasteiger partial charge >= 0.3 is 0 Å². The van der Waals surface area contributed by atoms with E-state index in [1.54, 1.807) is 7.05 Å². The number of allylic oxidation sites excluding steroid dienone is 1. The highest BCUT2D eigenvalue weighted by atomic mass is 14.8. The zero-order chi connectivity index (χ0) is 8.57. The molecule has 0 radical (unpaired) electrons. The molecule has 0 aromatic rings. The molecule has 0 aromatic heterocycles. The lowest BCUT2D eigenvalue weighted by atomic mass is 10.3. The van der Waals surface area contributed by atoms with E-state index in [4.69, 9.17) is 5.73 Å². The van der Waals surface area contributed by atoms with Gasteiger partial charge in [0.1, 0.15) is 5.84 Å². The molecule has 2 nitrogen and oxygen atoms in total. The first-order valence-corrected chi connectivity index (χ1v) is 3.54. The number of nitrogens with zero attached hydrogens (tertiary/aromatic N) is 1. The van der Waals surface area contributed by atoms with Crippen LogP contribution >= 0.6 is 0 Å². The van der Waals surface area contributed by atoms with E-state index < -0.39 is 0 Å². The van der Waals surface area contributed by atoms with Crippen LogP contribution in [0.2, 0.25) is 0 Å². The highest BCUT2D eigenvalue weighted by Gasteiger charge is 1.79. The quantitative estimate of drug-likeness (QED) is 0.441. The molecular weight excluding hydrogens is 124 g/mol. The van der Waals surface area contributed by atoms with E-state index in [1.165, 1.54) is 5.57 Å². The average molecular weight is 142 g/mol. The van der Waals surface area contributed by atoms with Crippen LogP contribution in [0.15, 0.2) is 16.6 Å². The van der Waals surface area contributed by atoms with Gasteiger partial charge in [-0.15, -0.1) is 0 Å². The minimum Gasteiger partial charge on any atom is -0.384 e. The van der Waals surface area contributed by atoms with Crippen LogP contribution in [-0.2, 0) is 0 Å². The van der Waals surface area contributed by atoms with Crippen molar-refractivity contribution in [3.05, 3.63) is 11.6 Å². The summed E-state index contributed by atoms with van der Waals surface area (Å²) in [5.41, 5.74) is 6.52. The molecule has 0 aromatic carbocycles. The summed E-state index contributed by atoms with van der Waals surface area (Å²) in [6.07, 6.45) is 1.83. The third kappa shape index (κ3) is 10.2. The van der Waals surface area contributed by atoms with Gasteiger partial charge in [-0.2, -0.15) is 0 Å². The van der Waals surface area contributed by atoms with E-state index in [2.05, 4.69) is 4.99 Å². The van der Waals surface area contributed by atoms with Crippen LogP contribution in [0.25, 0.3) is 0 Å². The third-order valence-electron chi connectivity index (χ3n) is 0.695. The molecule has 0 heterocycles. The lowest BCUT2D eigenvalue weighted by molar-refractivity contribution is 1.36. The van der Waals surface area contributed by atoms with Crippen molar-refractivity contribution in [3.63, 3.8) is 0 Å². The largest absolute Gasteiger partial charge is 0.384 e. The van der Waals surface area contributed by atoms with E-state index in [-0.39, 0.29) is 0 Å². The van der Waals surface area contributed by atoms with Crippen molar-refractivity contribution >= 4 is 5.84 Å². The van der Waals surface area contributed by atoms with Gasteiger partial charge in [0.2, 0.25) is 0 Å². The van der Waals surface area contributed by atoms with Crippen LogP contribution in [0, 0.1) is 0 Å². The Bertz CT molecular complexity index is 119. The predicted molar refractivity (Wildman–Crippen MR) is 48.3 cm³/mol. The summed E-state index contributed by atoms with van der Waals surface area (Å²) in [4.78, 5) is 3.75. The molecule has 0 atom stereocenters. The fourth-order valence-electron chi connectivity index (χ4n) is 0.360. The van der Waals surface area contributed by atoms with Crippen molar-refractivity contribution in [2.75, 3.05) is 7.05 Å². The van der Waals surface area contributed by atoms with Crippen molar-refractivity contribution < 1.29 is 0 Å². The van der Waals surface area contributed by atoms with Crippen molar-refractivity contribution in [2.45, 2.75) is 27.7 Å². The molecule has 0 saturated carbocycles. The summed E-state index contributed by atoms with van der Waals surface area (Å²) in [7, 11) is 1.68. The second-order valence-electron chi connectivity index (χ2n) is 1.87. The molecule has 2 N–H and O–H groups in total. The van der Waals surface area contributed by atoms with Gasteiger partial charge in [0.15, 0.2) is 0 Å². The number of nitrogens with two attached hydrogens (primary N) is 1. The first kappa shape index (κ1) is 11.9. The zero-order valence-corrected chi connectivity index (χ0v) is 7.60. The highest BCUT2D eigenvalue weighted by molar-refractivity contribution is 5.91. The Morgan fingerprint density at radius 3 is 1.80 bits per heavy atom. The van der Waals surface area contributed by atoms with Crippen molar-refractivity contribution in [1.29, 1.82) is 0 Å². The molecule has 2 heteroatoms. The second-order valence-corrected chi connectivity index (χ2v) is 1.87. The zero-order valence-electron chi connectivity index (χ0n) is 7.60. The Morgan fingerprint density at radius 2 is 1.70 bits per heavy atom. The van der Waals surface area contributed by atoms with Crippen LogP contribution in [0.5, 0.6) is 0 Å². The smallest absolute Gasteiger partial charge is 0.117 e. The monoisotopic (exact) mass is 142 g/mol. The molecule has 10 heavy (non-hydrogen) atoms. The Hall–Kier alpha value is -0.790. The van der Waals surface area contributed by atoms with Gasteiger partial charge in [0.05, 0.1) is 0 Å². The van der Waals surface area contributed by atoms with Crippen molar-refractivity contribution in [1.82, 2.24) is 0 Å². The summed E-state index contributed by atoms with van der Waals surface area (Å²) >= 11 is 0. The van der Waals surface area contributed by atoms with E-state index in [0.29, 0.717) is 5.84 Å². The molecule has 0 fully saturated rings. The molecule has 0 aliphatic heterocycles. The van der Waals surface area contributed by atoms with Gasteiger partial charge in [-0.25, -0.2) is 0 Å². The molecule has 0 aliphatic carbocycles. The summed E-state index contributed by atoms with van der Waals surface area (Å²) < 4.78 is 0. The average Bonchev–Trinajstić information content (AvgIpc) is 1.91. The first-order chi connectivity index (χ1) is 4.66. The van der Waals surface area contributed by atoms with Crippen LogP contribution in [0.1, 0.15) is 27.7 Å². The van der Waals surface area contributed by atoms with Crippen molar-refractivity contribution in [3.8, 4) is 0 Å². The maximum atomic E-state index is 5.35. The Balaban J connectivity index is 0. The molecule has 0 bridgehead atoms. The van der Waals surface area contributed by atoms with Gasteiger partial charge in [-0.3, -0.25) is 4.99 Å². The van der Waals surface area contributed by atoms with Crippen LogP contribution in [0.3, 0.4) is 0 Å². The third-order valence-corrected chi connectivity index (χ3v) is 0.695. The summed E-state index contributed by atoms with van der Waals surface area (Å²) in [5, 5.41) is 0. The van der Waals surface area contributed by atoms with Crippen LogP contribution in [-0.4, -0.2) is 12.9 Å². The normalized spacial score (nSPS) is 9.50. The number of aliphatic imine (C=N–C) groups is 1. The van der Waals surface area contributed by atoms with Gasteiger partial charge in [-0.05, 0) is 19.9 Å². The van der Waals surface area contributed by atoms with E-state index in [0.717, 1.165) is 0 Å². The SMILES string of the molecule is CC.CN=C(N)C=C(C)C. The maximum Gasteiger partial charge on any atom is 0.117 e. The summed E-state index contributed by atoms with van der Waals surface area (Å²) in [6, 6.07) is 0. The molecule has 0 aliphatic rings. The van der Waals surface area contributed by atoms with Gasteiger partial charge in [0.25, 0.3) is 0 Å². The Morgan fingerprint density at radius 1 is 1.30 bits per heavy atom. The molecular formula is C8H18N2. The van der Waals surface area contributed by atoms with Crippen molar-refractivity contribution in [2.24, 2.45) is 10.7 Å². The Kier molecular flexibility index (Phi) is 9.80. The lowest BCUT2D eigenvalue weighted by Gasteiger charge is -1.88. The predicted octanol–water partition coefficient (Wildman–Crippen LogP) is 1.97.